The van der Waals surface area contributed by atoms with Gasteiger partial charge in [0, 0.05) is 25.9 Å². The van der Waals surface area contributed by atoms with Crippen LogP contribution in [0.15, 0.2) is 78.9 Å². The van der Waals surface area contributed by atoms with E-state index in [1.54, 1.807) is 4.90 Å². The van der Waals surface area contributed by atoms with Crippen molar-refractivity contribution in [1.29, 1.82) is 0 Å². The minimum atomic E-state index is -0.575. The number of hydrogen-bond donors (Lipinski definition) is 1. The average Bonchev–Trinajstić information content (AvgIpc) is 2.89. The van der Waals surface area contributed by atoms with E-state index in [1.807, 2.05) is 55.5 Å². The lowest BCUT2D eigenvalue weighted by atomic mass is 9.99. The normalized spacial score (nSPS) is 11.8. The molecule has 0 aliphatic heterocycles. The number of amides is 2. The lowest BCUT2D eigenvalue weighted by Crippen LogP contribution is -2.50. The molecular formula is C32H40N2O2. The molecule has 2 amide bonds. The summed E-state index contributed by atoms with van der Waals surface area (Å²) >= 11 is 0. The molecule has 4 nitrogen and oxygen atoms in total. The highest BCUT2D eigenvalue weighted by atomic mass is 16.2. The maximum atomic E-state index is 13.8. The van der Waals surface area contributed by atoms with Crippen LogP contribution in [0.4, 0.5) is 0 Å². The largest absolute Gasteiger partial charge is 0.354 e. The number of carbonyl (C=O) groups excluding carboxylic acids is 2. The van der Waals surface area contributed by atoms with E-state index in [0.29, 0.717) is 38.3 Å². The average molecular weight is 485 g/mol. The number of hydrogen-bond acceptors (Lipinski definition) is 2. The molecule has 0 radical (unpaired) electrons. The lowest BCUT2D eigenvalue weighted by Gasteiger charge is -2.32. The van der Waals surface area contributed by atoms with Gasteiger partial charge in [-0.15, -0.1) is 0 Å². The van der Waals surface area contributed by atoms with Crippen molar-refractivity contribution in [3.8, 4) is 0 Å². The smallest absolute Gasteiger partial charge is 0.243 e. The van der Waals surface area contributed by atoms with Gasteiger partial charge >= 0.3 is 0 Å². The summed E-state index contributed by atoms with van der Waals surface area (Å²) in [6.45, 7) is 9.45. The predicted molar refractivity (Wildman–Crippen MR) is 148 cm³/mol. The van der Waals surface area contributed by atoms with E-state index in [-0.39, 0.29) is 11.8 Å². The first-order valence-corrected chi connectivity index (χ1v) is 13.1. The molecule has 0 heterocycles. The van der Waals surface area contributed by atoms with Crippen molar-refractivity contribution in [2.75, 3.05) is 6.54 Å². The SMILES string of the molecule is CCCNC(=O)C(Cc1ccccc1)N(Cc1ccccc1C)C(=O)CCc1ccc(C(C)C)cc1. The number of nitrogens with zero attached hydrogens (tertiary/aromatic N) is 1. The summed E-state index contributed by atoms with van der Waals surface area (Å²) in [7, 11) is 0. The summed E-state index contributed by atoms with van der Waals surface area (Å²) < 4.78 is 0. The fraction of sp³-hybridized carbons (Fsp3) is 0.375. The minimum Gasteiger partial charge on any atom is -0.354 e. The molecule has 1 unspecified atom stereocenters. The molecule has 1 N–H and O–H groups in total. The quantitative estimate of drug-likeness (QED) is 0.332. The van der Waals surface area contributed by atoms with Gasteiger partial charge in [0.15, 0.2) is 0 Å². The zero-order valence-electron chi connectivity index (χ0n) is 22.2. The van der Waals surface area contributed by atoms with Gasteiger partial charge in [0.25, 0.3) is 0 Å². The minimum absolute atomic E-state index is 0.00114. The third kappa shape index (κ3) is 7.81. The monoisotopic (exact) mass is 484 g/mol. The van der Waals surface area contributed by atoms with Crippen LogP contribution in [0.25, 0.3) is 0 Å². The van der Waals surface area contributed by atoms with Crippen molar-refractivity contribution < 1.29 is 9.59 Å². The van der Waals surface area contributed by atoms with Gasteiger partial charge in [-0.25, -0.2) is 0 Å². The third-order valence-electron chi connectivity index (χ3n) is 6.70. The van der Waals surface area contributed by atoms with E-state index in [1.165, 1.54) is 5.56 Å². The second-order valence-electron chi connectivity index (χ2n) is 9.84. The van der Waals surface area contributed by atoms with E-state index < -0.39 is 6.04 Å². The molecule has 36 heavy (non-hydrogen) atoms. The number of rotatable bonds is 12. The molecule has 0 saturated carbocycles. The fourth-order valence-corrected chi connectivity index (χ4v) is 4.36. The highest BCUT2D eigenvalue weighted by Gasteiger charge is 2.30. The zero-order valence-corrected chi connectivity index (χ0v) is 22.2. The number of benzene rings is 3. The van der Waals surface area contributed by atoms with E-state index >= 15 is 0 Å². The second-order valence-corrected chi connectivity index (χ2v) is 9.84. The van der Waals surface area contributed by atoms with Crippen LogP contribution in [0.1, 0.15) is 67.3 Å². The van der Waals surface area contributed by atoms with Crippen LogP contribution in [0.3, 0.4) is 0 Å². The van der Waals surface area contributed by atoms with Gasteiger partial charge in [0.1, 0.15) is 6.04 Å². The third-order valence-corrected chi connectivity index (χ3v) is 6.70. The van der Waals surface area contributed by atoms with E-state index in [4.69, 9.17) is 0 Å². The Morgan fingerprint density at radius 1 is 0.861 bits per heavy atom. The Bertz CT molecular complexity index is 1110. The molecule has 0 fully saturated rings. The fourth-order valence-electron chi connectivity index (χ4n) is 4.36. The second kappa shape index (κ2) is 13.6. The summed E-state index contributed by atoms with van der Waals surface area (Å²) in [5.41, 5.74) is 5.65. The molecule has 0 spiro atoms. The van der Waals surface area contributed by atoms with Crippen LogP contribution in [0, 0.1) is 6.92 Å². The Hall–Kier alpha value is -3.40. The lowest BCUT2D eigenvalue weighted by molar-refractivity contribution is -0.141. The molecule has 190 valence electrons. The first kappa shape index (κ1) is 27.2. The van der Waals surface area contributed by atoms with Gasteiger partial charge in [0.2, 0.25) is 11.8 Å². The molecule has 0 aromatic heterocycles. The highest BCUT2D eigenvalue weighted by Crippen LogP contribution is 2.20. The van der Waals surface area contributed by atoms with Crippen LogP contribution >= 0.6 is 0 Å². The Kier molecular flexibility index (Phi) is 10.3. The van der Waals surface area contributed by atoms with Crippen molar-refractivity contribution in [2.24, 2.45) is 0 Å². The van der Waals surface area contributed by atoms with E-state index in [2.05, 4.69) is 56.4 Å². The van der Waals surface area contributed by atoms with Crippen molar-refractivity contribution in [3.05, 3.63) is 107 Å². The molecule has 3 aromatic rings. The van der Waals surface area contributed by atoms with Gasteiger partial charge in [-0.2, -0.15) is 0 Å². The van der Waals surface area contributed by atoms with Crippen molar-refractivity contribution in [1.82, 2.24) is 10.2 Å². The number of carbonyl (C=O) groups is 2. The van der Waals surface area contributed by atoms with Crippen molar-refractivity contribution >= 4 is 11.8 Å². The van der Waals surface area contributed by atoms with E-state index in [0.717, 1.165) is 28.7 Å². The highest BCUT2D eigenvalue weighted by molar-refractivity contribution is 5.88. The maximum Gasteiger partial charge on any atom is 0.243 e. The number of aryl methyl sites for hydroxylation is 2. The summed E-state index contributed by atoms with van der Waals surface area (Å²) in [5, 5.41) is 3.05. The van der Waals surface area contributed by atoms with Gasteiger partial charge in [-0.05, 0) is 53.5 Å². The Labute approximate surface area is 216 Å². The van der Waals surface area contributed by atoms with Gasteiger partial charge < -0.3 is 10.2 Å². The van der Waals surface area contributed by atoms with Gasteiger partial charge in [-0.1, -0.05) is 99.6 Å². The molecule has 1 atom stereocenters. The number of nitrogens with one attached hydrogen (secondary N) is 1. The Balaban J connectivity index is 1.87. The summed E-state index contributed by atoms with van der Waals surface area (Å²) in [5.74, 6) is 0.383. The molecule has 0 saturated heterocycles. The predicted octanol–water partition coefficient (Wildman–Crippen LogP) is 6.22. The summed E-state index contributed by atoms with van der Waals surface area (Å²) in [6.07, 6.45) is 2.34. The standard InChI is InChI=1S/C32H40N2O2/c1-5-21-33-32(36)30(22-27-12-7-6-8-13-27)34(23-29-14-10-9-11-25(29)4)31(35)20-17-26-15-18-28(19-16-26)24(2)3/h6-16,18-19,24,30H,5,17,20-23H2,1-4H3,(H,33,36). The summed E-state index contributed by atoms with van der Waals surface area (Å²) in [4.78, 5) is 29.0. The van der Waals surface area contributed by atoms with Crippen molar-refractivity contribution in [3.63, 3.8) is 0 Å². The molecule has 4 heteroatoms. The molecular weight excluding hydrogens is 444 g/mol. The Morgan fingerprint density at radius 2 is 1.53 bits per heavy atom. The summed E-state index contributed by atoms with van der Waals surface area (Å²) in [6, 6.07) is 26.0. The molecule has 0 aliphatic rings. The van der Waals surface area contributed by atoms with Crippen LogP contribution in [-0.2, 0) is 29.0 Å². The van der Waals surface area contributed by atoms with Crippen LogP contribution < -0.4 is 5.32 Å². The van der Waals surface area contributed by atoms with Crippen LogP contribution in [0.5, 0.6) is 0 Å². The first-order valence-electron chi connectivity index (χ1n) is 13.1. The first-order chi connectivity index (χ1) is 17.4. The van der Waals surface area contributed by atoms with Gasteiger partial charge in [-0.3, -0.25) is 9.59 Å². The van der Waals surface area contributed by atoms with Crippen LogP contribution in [0.2, 0.25) is 0 Å². The van der Waals surface area contributed by atoms with Crippen LogP contribution in [-0.4, -0.2) is 29.3 Å². The topological polar surface area (TPSA) is 49.4 Å². The molecule has 3 aromatic carbocycles. The molecule has 3 rings (SSSR count). The Morgan fingerprint density at radius 3 is 2.17 bits per heavy atom. The maximum absolute atomic E-state index is 13.8. The zero-order chi connectivity index (χ0) is 25.9. The van der Waals surface area contributed by atoms with E-state index in [9.17, 15) is 9.59 Å². The molecule has 0 aliphatic carbocycles. The van der Waals surface area contributed by atoms with Gasteiger partial charge in [0.05, 0.1) is 0 Å². The molecule has 0 bridgehead atoms. The van der Waals surface area contributed by atoms with Crippen molar-refractivity contribution in [2.45, 2.75) is 71.9 Å².